The van der Waals surface area contributed by atoms with Gasteiger partial charge in [-0.1, -0.05) is 48.0 Å². The summed E-state index contributed by atoms with van der Waals surface area (Å²) in [5.74, 6) is -3.68. The predicted octanol–water partition coefficient (Wildman–Crippen LogP) is 3.18. The lowest BCUT2D eigenvalue weighted by Gasteiger charge is -2.43. The second-order valence-corrected chi connectivity index (χ2v) is 15.4. The van der Waals surface area contributed by atoms with Crippen molar-refractivity contribution in [1.82, 2.24) is 25.8 Å². The Morgan fingerprint density at radius 3 is 2.47 bits per heavy atom. The molecule has 17 nitrogen and oxygen atoms in total. The minimum Gasteiger partial charge on any atom is -0.507 e. The summed E-state index contributed by atoms with van der Waals surface area (Å²) in [7, 11) is 1.34. The molecule has 0 bridgehead atoms. The highest BCUT2D eigenvalue weighted by Crippen LogP contribution is 2.52. The molecule has 3 aliphatic rings. The van der Waals surface area contributed by atoms with Gasteiger partial charge in [-0.05, 0) is 38.3 Å². The zero-order valence-corrected chi connectivity index (χ0v) is 32.8. The Morgan fingerprint density at radius 2 is 1.76 bits per heavy atom. The van der Waals surface area contributed by atoms with Crippen molar-refractivity contribution in [1.29, 1.82) is 0 Å². The molecular weight excluding hydrogens is 766 g/mol. The van der Waals surface area contributed by atoms with Gasteiger partial charge in [0.15, 0.2) is 17.9 Å². The molecule has 1 amide bonds. The van der Waals surface area contributed by atoms with E-state index in [1.54, 1.807) is 17.1 Å². The largest absolute Gasteiger partial charge is 0.507 e. The number of aliphatic hydroxyl groups is 2. The molecule has 1 saturated heterocycles. The molecule has 1 aromatic heterocycles. The van der Waals surface area contributed by atoms with Crippen LogP contribution in [0.2, 0.25) is 0 Å². The van der Waals surface area contributed by atoms with E-state index in [1.807, 2.05) is 30.5 Å². The lowest BCUT2D eigenvalue weighted by molar-refractivity contribution is -0.249. The number of hydroxylamine groups is 1. The van der Waals surface area contributed by atoms with Crippen molar-refractivity contribution in [3.8, 4) is 28.5 Å². The molecule has 1 aliphatic heterocycles. The van der Waals surface area contributed by atoms with E-state index in [4.69, 9.17) is 19.4 Å². The third kappa shape index (κ3) is 8.09. The topological polar surface area (TPSA) is 252 Å². The quantitative estimate of drug-likeness (QED) is 0.0368. The zero-order valence-electron chi connectivity index (χ0n) is 32.8. The first-order valence-electron chi connectivity index (χ1n) is 19.5. The van der Waals surface area contributed by atoms with Gasteiger partial charge in [-0.25, -0.2) is 5.48 Å². The SMILES string of the molecule is COc1cccc2c1C(=O)c1c(O)c3c(c(O)c1C2=O)CC(O)(C(C)=O)CC3OC1CC(NCc2ccc(-c3cn(CCCCCC(=O)NO)nn3)cc2)C(O)C(C)O1. The molecule has 0 radical (unpaired) electrons. The van der Waals surface area contributed by atoms with Crippen LogP contribution in [0.15, 0.2) is 48.7 Å². The summed E-state index contributed by atoms with van der Waals surface area (Å²) < 4.78 is 19.5. The van der Waals surface area contributed by atoms with Crippen molar-refractivity contribution < 1.29 is 59.0 Å². The van der Waals surface area contributed by atoms with Crippen LogP contribution in [-0.4, -0.2) is 101 Å². The van der Waals surface area contributed by atoms with Crippen LogP contribution in [0, 0.1) is 0 Å². The highest BCUT2D eigenvalue weighted by atomic mass is 16.7. The number of aromatic hydroxyl groups is 2. The number of methoxy groups -OCH3 is 1. The predicted molar refractivity (Wildman–Crippen MR) is 207 cm³/mol. The van der Waals surface area contributed by atoms with Gasteiger partial charge in [-0.3, -0.25) is 29.1 Å². The normalized spacial score (nSPS) is 23.6. The Bertz CT molecular complexity index is 2280. The number of aromatic nitrogens is 3. The monoisotopic (exact) mass is 813 g/mol. The summed E-state index contributed by atoms with van der Waals surface area (Å²) in [4.78, 5) is 51.8. The van der Waals surface area contributed by atoms with E-state index in [-0.39, 0.29) is 47.3 Å². The van der Waals surface area contributed by atoms with Crippen LogP contribution in [0.1, 0.15) is 107 Å². The molecule has 4 aromatic rings. The van der Waals surface area contributed by atoms with E-state index < -0.39 is 88.5 Å². The summed E-state index contributed by atoms with van der Waals surface area (Å²) in [6.07, 6.45) is -0.379. The highest BCUT2D eigenvalue weighted by Gasteiger charge is 2.49. The van der Waals surface area contributed by atoms with Gasteiger partial charge in [0.1, 0.15) is 28.5 Å². The second-order valence-electron chi connectivity index (χ2n) is 15.4. The molecule has 17 heteroatoms. The minimum absolute atomic E-state index is 0.0301. The molecule has 2 heterocycles. The number of nitrogens with one attached hydrogen (secondary N) is 2. The van der Waals surface area contributed by atoms with Gasteiger partial charge < -0.3 is 40.0 Å². The lowest BCUT2D eigenvalue weighted by Crippen LogP contribution is -2.54. The van der Waals surface area contributed by atoms with Crippen LogP contribution in [-0.2, 0) is 38.6 Å². The Hall–Kier alpha value is -5.56. The molecule has 2 aliphatic carbocycles. The number of hydrogen-bond acceptors (Lipinski definition) is 15. The molecule has 312 valence electrons. The number of phenols is 2. The first-order valence-corrected chi connectivity index (χ1v) is 19.5. The third-order valence-corrected chi connectivity index (χ3v) is 11.5. The lowest BCUT2D eigenvalue weighted by atomic mass is 9.72. The molecule has 7 rings (SSSR count). The molecule has 59 heavy (non-hydrogen) atoms. The number of Topliss-reactive ketones (excluding diaryl/α,β-unsaturated/α-hetero) is 1. The van der Waals surface area contributed by atoms with E-state index in [0.29, 0.717) is 25.2 Å². The van der Waals surface area contributed by atoms with Crippen molar-refractivity contribution in [2.45, 2.75) is 108 Å². The van der Waals surface area contributed by atoms with E-state index in [2.05, 4.69) is 15.6 Å². The number of aliphatic hydroxyl groups excluding tert-OH is 1. The molecule has 6 unspecified atom stereocenters. The van der Waals surface area contributed by atoms with Gasteiger partial charge in [0, 0.05) is 67.1 Å². The van der Waals surface area contributed by atoms with E-state index in [0.717, 1.165) is 24.0 Å². The van der Waals surface area contributed by atoms with Gasteiger partial charge in [-0.2, -0.15) is 0 Å². The van der Waals surface area contributed by atoms with E-state index >= 15 is 0 Å². The first-order chi connectivity index (χ1) is 28.2. The number of phenolic OH excluding ortho intramolecular Hbond substituents is 2. The highest BCUT2D eigenvalue weighted by molar-refractivity contribution is 6.31. The summed E-state index contributed by atoms with van der Waals surface area (Å²) in [6, 6.07) is 11.6. The number of benzene rings is 3. The minimum atomic E-state index is -2.06. The van der Waals surface area contributed by atoms with Gasteiger partial charge in [-0.15, -0.1) is 5.10 Å². The van der Waals surface area contributed by atoms with Gasteiger partial charge in [0.2, 0.25) is 11.7 Å². The fraction of sp³-hybridized carbons (Fsp3) is 0.429. The molecule has 0 spiro atoms. The molecule has 7 N–H and O–H groups in total. The molecule has 3 aromatic carbocycles. The van der Waals surface area contributed by atoms with Crippen molar-refractivity contribution in [3.05, 3.63) is 87.6 Å². The van der Waals surface area contributed by atoms with Crippen molar-refractivity contribution in [2.75, 3.05) is 7.11 Å². The van der Waals surface area contributed by atoms with E-state index in [9.17, 15) is 39.6 Å². The van der Waals surface area contributed by atoms with Gasteiger partial charge in [0.25, 0.3) is 0 Å². The summed E-state index contributed by atoms with van der Waals surface area (Å²) in [5, 5.41) is 66.6. The molecule has 6 atom stereocenters. The summed E-state index contributed by atoms with van der Waals surface area (Å²) in [6.45, 7) is 3.85. The maximum atomic E-state index is 14.0. The number of carbonyl (C=O) groups is 4. The van der Waals surface area contributed by atoms with Crippen LogP contribution < -0.4 is 15.5 Å². The smallest absolute Gasteiger partial charge is 0.243 e. The number of unbranched alkanes of at least 4 members (excludes halogenated alkanes) is 2. The number of fused-ring (bicyclic) bond motifs is 3. The fourth-order valence-electron chi connectivity index (χ4n) is 8.20. The number of hydrogen-bond donors (Lipinski definition) is 7. The summed E-state index contributed by atoms with van der Waals surface area (Å²) >= 11 is 0. The van der Waals surface area contributed by atoms with Crippen molar-refractivity contribution in [3.63, 3.8) is 0 Å². The average Bonchev–Trinajstić information content (AvgIpc) is 3.70. The number of nitrogens with zero attached hydrogens (tertiary/aromatic N) is 3. The van der Waals surface area contributed by atoms with Crippen molar-refractivity contribution in [2.24, 2.45) is 0 Å². The number of aryl methyl sites for hydroxylation is 1. The maximum absolute atomic E-state index is 14.0. The summed E-state index contributed by atoms with van der Waals surface area (Å²) in [5.41, 5.74) is 0.897. The Morgan fingerprint density at radius 1 is 1.02 bits per heavy atom. The molecule has 0 saturated carbocycles. The number of carbonyl (C=O) groups excluding carboxylic acids is 4. The third-order valence-electron chi connectivity index (χ3n) is 11.5. The number of amides is 1. The Labute approximate surface area is 338 Å². The van der Waals surface area contributed by atoms with Gasteiger partial charge >= 0.3 is 0 Å². The molecular formula is C42H47N5O12. The number of rotatable bonds is 14. The standard InChI is InChI=1S/C42H47N5O12/c1-21-37(50)27(43-19-23-11-13-24(14-12-23)28-20-47(46-44-28)15-6-4-5-10-31(49)45-56)16-32(58-21)59-30-18-42(55,22(2)48)17-26-34(30)41(54)36-35(39(26)52)38(51)25-8-7-9-29(57-3)33(25)40(36)53/h7-9,11-14,20-21,27,30,32,37,43,50,52,54-56H,4-6,10,15-19H2,1-3H3,(H,45,49). The van der Waals surface area contributed by atoms with E-state index in [1.165, 1.54) is 32.2 Å². The zero-order chi connectivity index (χ0) is 42.2. The number of ketones is 3. The first kappa shape index (κ1) is 41.6. The van der Waals surface area contributed by atoms with Crippen LogP contribution in [0.25, 0.3) is 11.3 Å². The second kappa shape index (κ2) is 17.0. The van der Waals surface area contributed by atoms with Crippen LogP contribution in [0.5, 0.6) is 17.2 Å². The van der Waals surface area contributed by atoms with Gasteiger partial charge in [0.05, 0.1) is 48.3 Å². The molecule has 1 fully saturated rings. The Kier molecular flexibility index (Phi) is 12.0. The fourth-order valence-corrected chi connectivity index (χ4v) is 8.20. The van der Waals surface area contributed by atoms with Crippen molar-refractivity contribution >= 4 is 23.3 Å². The Balaban J connectivity index is 1.06. The maximum Gasteiger partial charge on any atom is 0.243 e. The van der Waals surface area contributed by atoms with Crippen LogP contribution >= 0.6 is 0 Å². The van der Waals surface area contributed by atoms with Crippen LogP contribution in [0.3, 0.4) is 0 Å². The van der Waals surface area contributed by atoms with Crippen LogP contribution in [0.4, 0.5) is 0 Å². The number of ether oxygens (including phenoxy) is 3. The average molecular weight is 814 g/mol.